The Hall–Kier alpha value is -1.66. The minimum Gasteiger partial charge on any atom is -0.448 e. The van der Waals surface area contributed by atoms with Crippen LogP contribution in [0, 0.1) is 56.7 Å². The first-order valence-electron chi connectivity index (χ1n) is 19.4. The topological polar surface area (TPSA) is 87.1 Å². The number of rotatable bonds is 5. The van der Waals surface area contributed by atoms with E-state index in [0.29, 0.717) is 38.3 Å². The van der Waals surface area contributed by atoms with Gasteiger partial charge in [0.15, 0.2) is 5.60 Å². The van der Waals surface area contributed by atoms with Gasteiger partial charge in [0.05, 0.1) is 23.7 Å². The van der Waals surface area contributed by atoms with Crippen molar-refractivity contribution in [1.29, 1.82) is 0 Å². The molecule has 0 radical (unpaired) electrons. The van der Waals surface area contributed by atoms with Crippen LogP contribution in [-0.2, 0) is 14.3 Å². The predicted molar refractivity (Wildman–Crippen MR) is 180 cm³/mol. The van der Waals surface area contributed by atoms with Crippen LogP contribution in [0.15, 0.2) is 23.3 Å². The summed E-state index contributed by atoms with van der Waals surface area (Å²) in [5.41, 5.74) is -0.598. The van der Waals surface area contributed by atoms with E-state index in [-0.39, 0.29) is 40.1 Å². The van der Waals surface area contributed by atoms with E-state index in [4.69, 9.17) is 4.74 Å². The number of hydrogen-bond acceptors (Lipinski definition) is 5. The summed E-state index contributed by atoms with van der Waals surface area (Å²) in [5, 5.41) is 23.5. The minimum absolute atomic E-state index is 0.0280. The second-order valence-corrected chi connectivity index (χ2v) is 20.1. The van der Waals surface area contributed by atoms with Crippen molar-refractivity contribution in [2.75, 3.05) is 13.1 Å². The summed E-state index contributed by atoms with van der Waals surface area (Å²) < 4.78 is 6.25. The highest BCUT2D eigenvalue weighted by Gasteiger charge is 2.77. The van der Waals surface area contributed by atoms with Crippen LogP contribution in [0.4, 0.5) is 0 Å². The Labute approximate surface area is 282 Å². The zero-order valence-corrected chi connectivity index (χ0v) is 29.7. The maximum Gasteiger partial charge on any atom is 0.313 e. The Morgan fingerprint density at radius 2 is 1.51 bits per heavy atom. The zero-order chi connectivity index (χ0) is 33.0. The van der Waals surface area contributed by atoms with Gasteiger partial charge in [-0.2, -0.15) is 0 Å². The monoisotopic (exact) mass is 645 g/mol. The summed E-state index contributed by atoms with van der Waals surface area (Å²) >= 11 is 0. The van der Waals surface area contributed by atoms with Gasteiger partial charge in [0.25, 0.3) is 5.91 Å². The molecule has 1 aliphatic heterocycles. The third-order valence-electron chi connectivity index (χ3n) is 17.7. The smallest absolute Gasteiger partial charge is 0.313 e. The van der Waals surface area contributed by atoms with Gasteiger partial charge < -0.3 is 19.8 Å². The van der Waals surface area contributed by atoms with Crippen LogP contribution < -0.4 is 0 Å². The zero-order valence-electron chi connectivity index (χ0n) is 29.7. The van der Waals surface area contributed by atoms with Gasteiger partial charge in [-0.25, -0.2) is 0 Å². The lowest BCUT2D eigenvalue weighted by Crippen LogP contribution is -2.63. The first-order chi connectivity index (χ1) is 22.1. The first-order valence-corrected chi connectivity index (χ1v) is 19.4. The van der Waals surface area contributed by atoms with Gasteiger partial charge in [-0.1, -0.05) is 51.0 Å². The highest BCUT2D eigenvalue weighted by molar-refractivity contribution is 5.96. The van der Waals surface area contributed by atoms with Crippen molar-refractivity contribution in [3.05, 3.63) is 23.3 Å². The molecular formula is C41H59NO5. The number of allylic oxidation sites excluding steroid dienone is 3. The van der Waals surface area contributed by atoms with E-state index < -0.39 is 22.0 Å². The van der Waals surface area contributed by atoms with Crippen LogP contribution in [-0.4, -0.2) is 57.4 Å². The number of ether oxygens (including phenoxy) is 1. The number of nitrogens with zero attached hydrogens (tertiary/aromatic N) is 1. The molecule has 9 fully saturated rings. The number of aliphatic hydroxyl groups excluding tert-OH is 1. The summed E-state index contributed by atoms with van der Waals surface area (Å²) in [4.78, 5) is 30.8. The summed E-state index contributed by atoms with van der Waals surface area (Å²) in [6.07, 6.45) is 19.7. The van der Waals surface area contributed by atoms with E-state index in [9.17, 15) is 15.0 Å². The van der Waals surface area contributed by atoms with Gasteiger partial charge >= 0.3 is 5.97 Å². The number of carbonyl (C=O) groups is 2. The molecule has 6 bridgehead atoms. The molecule has 0 spiro atoms. The van der Waals surface area contributed by atoms with E-state index in [1.807, 2.05) is 6.92 Å². The molecule has 1 saturated heterocycles. The van der Waals surface area contributed by atoms with Crippen molar-refractivity contribution in [3.8, 4) is 0 Å². The third kappa shape index (κ3) is 3.87. The predicted octanol–water partition coefficient (Wildman–Crippen LogP) is 7.13. The fourth-order valence-electron chi connectivity index (χ4n) is 14.7. The fraction of sp³-hybridized carbons (Fsp3) is 0.854. The Kier molecular flexibility index (Phi) is 6.37. The van der Waals surface area contributed by atoms with E-state index in [2.05, 4.69) is 44.7 Å². The summed E-state index contributed by atoms with van der Waals surface area (Å²) in [5.74, 6) is 2.83. The van der Waals surface area contributed by atoms with Crippen LogP contribution in [0.1, 0.15) is 131 Å². The average molecular weight is 646 g/mol. The Morgan fingerprint density at radius 3 is 2.13 bits per heavy atom. The molecule has 2 N–H and O–H groups in total. The first kappa shape index (κ1) is 31.3. The summed E-state index contributed by atoms with van der Waals surface area (Å²) in [6.45, 7) is 12.0. The normalized spacial score (nSPS) is 53.1. The van der Waals surface area contributed by atoms with Crippen LogP contribution in [0.3, 0.4) is 0 Å². The lowest BCUT2D eigenvalue weighted by atomic mass is 9.49. The van der Waals surface area contributed by atoms with E-state index in [1.54, 1.807) is 0 Å². The molecule has 10 rings (SSSR count). The number of fused-ring (bicyclic) bond motifs is 7. The molecule has 6 nitrogen and oxygen atoms in total. The molecule has 8 atom stereocenters. The molecule has 8 saturated carbocycles. The van der Waals surface area contributed by atoms with Crippen molar-refractivity contribution in [2.45, 2.75) is 148 Å². The highest BCUT2D eigenvalue weighted by atomic mass is 16.6. The fourth-order valence-corrected chi connectivity index (χ4v) is 14.7. The Balaban J connectivity index is 1.06. The molecule has 9 aliphatic carbocycles. The second-order valence-electron chi connectivity index (χ2n) is 20.1. The van der Waals surface area contributed by atoms with Crippen molar-refractivity contribution in [3.63, 3.8) is 0 Å². The average Bonchev–Trinajstić information content (AvgIpc) is 3.44. The van der Waals surface area contributed by atoms with Crippen molar-refractivity contribution in [2.24, 2.45) is 56.7 Å². The Morgan fingerprint density at radius 1 is 0.851 bits per heavy atom. The van der Waals surface area contributed by atoms with Gasteiger partial charge in [0, 0.05) is 17.4 Å². The van der Waals surface area contributed by atoms with Crippen LogP contribution in [0.25, 0.3) is 0 Å². The Bertz CT molecular complexity index is 1440. The maximum absolute atomic E-state index is 15.3. The number of carbonyl (C=O) groups excluding carboxylic acids is 2. The SMILES string of the molecule is CC12CCC(O)CC1=CC=C1C2CCC2(C)C1CCC2(O)CN(CC12CC3CC(CC(C3)C1)C2)C(=O)C12CCC(C)(C(=O)O1)C2(C)C. The standard InChI is InChI=1S/C41H59NO5/c1-35(2)38(5)14-15-41(35,47-34(38)45)33(44)42(23-39-20-25-16-26(21-39)18-27(17-25)22-39)24-40(46)13-10-32-30-7-6-28-19-29(43)8-11-36(28,3)31(30)9-12-37(32,40)4/h6-7,25-27,29,31-32,43,46H,8-24H2,1-5H3. The molecule has 258 valence electrons. The van der Waals surface area contributed by atoms with Crippen molar-refractivity contribution in [1.82, 2.24) is 4.90 Å². The number of amides is 1. The second kappa shape index (κ2) is 9.56. The van der Waals surface area contributed by atoms with E-state index in [0.717, 1.165) is 56.3 Å². The van der Waals surface area contributed by atoms with Gasteiger partial charge in [-0.05, 0) is 144 Å². The molecule has 8 unspecified atom stereocenters. The quantitative estimate of drug-likeness (QED) is 0.311. The van der Waals surface area contributed by atoms with Crippen molar-refractivity contribution >= 4 is 11.9 Å². The van der Waals surface area contributed by atoms with Crippen molar-refractivity contribution < 1.29 is 24.5 Å². The van der Waals surface area contributed by atoms with Gasteiger partial charge in [-0.3, -0.25) is 9.59 Å². The number of hydrogen-bond donors (Lipinski definition) is 2. The van der Waals surface area contributed by atoms with E-state index in [1.165, 1.54) is 49.7 Å². The number of esters is 1. The lowest BCUT2D eigenvalue weighted by molar-refractivity contribution is -0.182. The van der Waals surface area contributed by atoms with Crippen LogP contribution in [0.5, 0.6) is 0 Å². The molecule has 0 aromatic heterocycles. The maximum atomic E-state index is 15.3. The highest BCUT2D eigenvalue weighted by Crippen LogP contribution is 2.69. The molecule has 10 aliphatic rings. The van der Waals surface area contributed by atoms with Gasteiger partial charge in [0.1, 0.15) is 0 Å². The van der Waals surface area contributed by atoms with Gasteiger partial charge in [0.2, 0.25) is 0 Å². The molecule has 1 heterocycles. The van der Waals surface area contributed by atoms with Crippen LogP contribution in [0.2, 0.25) is 0 Å². The van der Waals surface area contributed by atoms with Crippen LogP contribution >= 0.6 is 0 Å². The van der Waals surface area contributed by atoms with E-state index >= 15 is 4.79 Å². The summed E-state index contributed by atoms with van der Waals surface area (Å²) in [6, 6.07) is 0. The molecule has 0 aromatic rings. The molecule has 1 amide bonds. The lowest BCUT2D eigenvalue weighted by Gasteiger charge is -2.59. The molecule has 0 aromatic carbocycles. The summed E-state index contributed by atoms with van der Waals surface area (Å²) in [7, 11) is 0. The number of aliphatic hydroxyl groups is 2. The molecular weight excluding hydrogens is 586 g/mol. The molecule has 6 heteroatoms. The minimum atomic E-state index is -1.15. The third-order valence-corrected chi connectivity index (χ3v) is 17.7. The largest absolute Gasteiger partial charge is 0.448 e. The molecule has 47 heavy (non-hydrogen) atoms. The van der Waals surface area contributed by atoms with Gasteiger partial charge in [-0.15, -0.1) is 0 Å².